The number of carbonyl (C=O) groups is 1. The van der Waals surface area contributed by atoms with Gasteiger partial charge in [0.1, 0.15) is 0 Å². The zero-order valence-corrected chi connectivity index (χ0v) is 15.4. The fourth-order valence-corrected chi connectivity index (χ4v) is 5.20. The van der Waals surface area contributed by atoms with E-state index in [0.29, 0.717) is 29.3 Å². The summed E-state index contributed by atoms with van der Waals surface area (Å²) in [7, 11) is 0. The van der Waals surface area contributed by atoms with Gasteiger partial charge in [-0.1, -0.05) is 13.3 Å². The molecule has 4 heteroatoms. The fourth-order valence-electron chi connectivity index (χ4n) is 5.20. The molecule has 0 radical (unpaired) electrons. The van der Waals surface area contributed by atoms with E-state index in [1.54, 1.807) is 0 Å². The van der Waals surface area contributed by atoms with Crippen LogP contribution in [0.1, 0.15) is 71.1 Å². The molecule has 3 saturated carbocycles. The number of hydrogen-bond donors (Lipinski definition) is 1. The summed E-state index contributed by atoms with van der Waals surface area (Å²) in [5, 5.41) is 3.45. The molecule has 0 bridgehead atoms. The van der Waals surface area contributed by atoms with Crippen molar-refractivity contribution in [3.8, 4) is 0 Å². The van der Waals surface area contributed by atoms with E-state index < -0.39 is 0 Å². The minimum absolute atomic E-state index is 0. The van der Waals surface area contributed by atoms with Gasteiger partial charge in [0.15, 0.2) is 0 Å². The van der Waals surface area contributed by atoms with Gasteiger partial charge in [0.25, 0.3) is 0 Å². The van der Waals surface area contributed by atoms with Crippen LogP contribution in [0.15, 0.2) is 0 Å². The van der Waals surface area contributed by atoms with Gasteiger partial charge in [0.05, 0.1) is 0 Å². The van der Waals surface area contributed by atoms with Gasteiger partial charge in [-0.25, -0.2) is 0 Å². The van der Waals surface area contributed by atoms with E-state index in [1.807, 2.05) is 0 Å². The van der Waals surface area contributed by atoms with Gasteiger partial charge in [0.2, 0.25) is 5.91 Å². The molecule has 4 aliphatic rings. The molecule has 1 heterocycles. The predicted molar refractivity (Wildman–Crippen MR) is 95.8 cm³/mol. The lowest BCUT2D eigenvalue weighted by Crippen LogP contribution is -2.45. The number of rotatable bonds is 4. The number of nitrogens with zero attached hydrogens (tertiary/aromatic N) is 1. The van der Waals surface area contributed by atoms with E-state index in [4.69, 9.17) is 0 Å². The van der Waals surface area contributed by atoms with Crippen LogP contribution in [0.4, 0.5) is 0 Å². The highest BCUT2D eigenvalue weighted by molar-refractivity contribution is 5.85. The van der Waals surface area contributed by atoms with E-state index in [0.717, 1.165) is 19.0 Å². The van der Waals surface area contributed by atoms with Crippen LogP contribution >= 0.6 is 12.4 Å². The zero-order valence-electron chi connectivity index (χ0n) is 14.6. The smallest absolute Gasteiger partial charge is 0.226 e. The van der Waals surface area contributed by atoms with Crippen LogP contribution in [-0.4, -0.2) is 36.0 Å². The van der Waals surface area contributed by atoms with E-state index in [9.17, 15) is 4.79 Å². The molecule has 1 saturated heterocycles. The Balaban J connectivity index is 0.00000156. The van der Waals surface area contributed by atoms with E-state index in [2.05, 4.69) is 17.1 Å². The second-order valence-corrected chi connectivity index (χ2v) is 8.43. The predicted octanol–water partition coefficient (Wildman–Crippen LogP) is 3.76. The van der Waals surface area contributed by atoms with Crippen molar-refractivity contribution in [2.75, 3.05) is 13.1 Å². The topological polar surface area (TPSA) is 32.3 Å². The molecule has 0 aromatic carbocycles. The summed E-state index contributed by atoms with van der Waals surface area (Å²) in [6.45, 7) is 4.56. The van der Waals surface area contributed by atoms with Crippen LogP contribution in [0.25, 0.3) is 0 Å². The Morgan fingerprint density at radius 3 is 2.13 bits per heavy atom. The summed E-state index contributed by atoms with van der Waals surface area (Å²) < 4.78 is 0. The maximum atomic E-state index is 13.2. The lowest BCUT2D eigenvalue weighted by atomic mass is 9.83. The molecule has 1 amide bonds. The molecule has 4 rings (SSSR count). The SMILES string of the molecule is CCC1CCC(N(C(=O)C2CC23CCNCC3)C2CC2)CC1.Cl. The summed E-state index contributed by atoms with van der Waals surface area (Å²) in [6.07, 6.45) is 12.7. The van der Waals surface area contributed by atoms with Crippen LogP contribution in [0.5, 0.6) is 0 Å². The lowest BCUT2D eigenvalue weighted by Gasteiger charge is -2.38. The highest BCUT2D eigenvalue weighted by atomic mass is 35.5. The molecule has 0 aromatic heterocycles. The Labute approximate surface area is 147 Å². The second kappa shape index (κ2) is 6.92. The number of amides is 1. The summed E-state index contributed by atoms with van der Waals surface area (Å²) in [5.74, 6) is 1.84. The van der Waals surface area contributed by atoms with Gasteiger partial charge in [0, 0.05) is 18.0 Å². The molecule has 4 fully saturated rings. The quantitative estimate of drug-likeness (QED) is 0.845. The second-order valence-electron chi connectivity index (χ2n) is 8.43. The Kier molecular flexibility index (Phi) is 5.27. The third-order valence-corrected chi connectivity index (χ3v) is 7.07. The van der Waals surface area contributed by atoms with Gasteiger partial charge >= 0.3 is 0 Å². The summed E-state index contributed by atoms with van der Waals surface area (Å²) in [5.41, 5.74) is 0.399. The first-order valence-corrected chi connectivity index (χ1v) is 9.76. The van der Waals surface area contributed by atoms with Gasteiger partial charge in [-0.15, -0.1) is 12.4 Å². The van der Waals surface area contributed by atoms with E-state index in [-0.39, 0.29) is 12.4 Å². The molecular weight excluding hydrogens is 308 g/mol. The summed E-state index contributed by atoms with van der Waals surface area (Å²) in [4.78, 5) is 15.6. The van der Waals surface area contributed by atoms with Gasteiger partial charge < -0.3 is 10.2 Å². The molecule has 0 aromatic rings. The largest absolute Gasteiger partial charge is 0.336 e. The van der Waals surface area contributed by atoms with Crippen molar-refractivity contribution in [1.82, 2.24) is 10.2 Å². The fraction of sp³-hybridized carbons (Fsp3) is 0.947. The van der Waals surface area contributed by atoms with Gasteiger partial charge in [-0.3, -0.25) is 4.79 Å². The maximum Gasteiger partial charge on any atom is 0.226 e. The van der Waals surface area contributed by atoms with Crippen LogP contribution in [0, 0.1) is 17.3 Å². The van der Waals surface area contributed by atoms with Crippen molar-refractivity contribution in [2.45, 2.75) is 83.2 Å². The molecule has 1 aliphatic heterocycles. The highest BCUT2D eigenvalue weighted by Gasteiger charge is 2.60. The number of halogens is 1. The molecular formula is C19H33ClN2O. The third kappa shape index (κ3) is 3.42. The van der Waals surface area contributed by atoms with Gasteiger partial charge in [-0.05, 0) is 82.2 Å². The minimum Gasteiger partial charge on any atom is -0.336 e. The Morgan fingerprint density at radius 1 is 1.04 bits per heavy atom. The first-order chi connectivity index (χ1) is 10.7. The van der Waals surface area contributed by atoms with Crippen LogP contribution < -0.4 is 5.32 Å². The summed E-state index contributed by atoms with van der Waals surface area (Å²) >= 11 is 0. The average molecular weight is 341 g/mol. The van der Waals surface area contributed by atoms with Crippen molar-refractivity contribution in [2.24, 2.45) is 17.3 Å². The van der Waals surface area contributed by atoms with Crippen molar-refractivity contribution in [1.29, 1.82) is 0 Å². The Morgan fingerprint density at radius 2 is 1.61 bits per heavy atom. The maximum absolute atomic E-state index is 13.2. The van der Waals surface area contributed by atoms with Crippen LogP contribution in [-0.2, 0) is 4.79 Å². The van der Waals surface area contributed by atoms with Crippen molar-refractivity contribution >= 4 is 18.3 Å². The standard InChI is InChI=1S/C19H32N2O.ClH/c1-2-14-3-5-15(6-4-14)21(16-7-8-16)18(22)17-13-19(17)9-11-20-12-10-19;/h14-17,20H,2-13H2,1H3;1H. The first-order valence-electron chi connectivity index (χ1n) is 9.76. The number of piperidine rings is 1. The lowest BCUT2D eigenvalue weighted by molar-refractivity contribution is -0.137. The normalized spacial score (nSPS) is 35.4. The van der Waals surface area contributed by atoms with Crippen LogP contribution in [0.2, 0.25) is 0 Å². The number of carbonyl (C=O) groups excluding carboxylic acids is 1. The molecule has 3 aliphatic carbocycles. The Bertz CT molecular complexity index is 423. The highest BCUT2D eigenvalue weighted by Crippen LogP contribution is 2.60. The van der Waals surface area contributed by atoms with Crippen molar-refractivity contribution < 1.29 is 4.79 Å². The molecule has 23 heavy (non-hydrogen) atoms. The molecule has 1 atom stereocenters. The van der Waals surface area contributed by atoms with Crippen molar-refractivity contribution in [3.63, 3.8) is 0 Å². The summed E-state index contributed by atoms with van der Waals surface area (Å²) in [6, 6.07) is 1.18. The van der Waals surface area contributed by atoms with Crippen LogP contribution in [0.3, 0.4) is 0 Å². The molecule has 132 valence electrons. The molecule has 3 nitrogen and oxygen atoms in total. The monoisotopic (exact) mass is 340 g/mol. The average Bonchev–Trinajstić information content (AvgIpc) is 3.47. The molecule has 1 spiro atoms. The molecule has 1 unspecified atom stereocenters. The minimum atomic E-state index is 0. The van der Waals surface area contributed by atoms with E-state index in [1.165, 1.54) is 64.2 Å². The molecule has 1 N–H and O–H groups in total. The zero-order chi connectivity index (χ0) is 15.2. The van der Waals surface area contributed by atoms with Crippen molar-refractivity contribution in [3.05, 3.63) is 0 Å². The third-order valence-electron chi connectivity index (χ3n) is 7.07. The van der Waals surface area contributed by atoms with E-state index >= 15 is 0 Å². The first kappa shape index (κ1) is 17.5. The number of nitrogens with one attached hydrogen (secondary N) is 1. The van der Waals surface area contributed by atoms with Gasteiger partial charge in [-0.2, -0.15) is 0 Å². The number of hydrogen-bond acceptors (Lipinski definition) is 2. The Hall–Kier alpha value is -0.280.